The first kappa shape index (κ1) is 15.1. The van der Waals surface area contributed by atoms with Gasteiger partial charge >= 0.3 is 0 Å². The molecule has 1 aromatic carbocycles. The van der Waals surface area contributed by atoms with Gasteiger partial charge < -0.3 is 10.2 Å². The Labute approximate surface area is 127 Å². The van der Waals surface area contributed by atoms with Gasteiger partial charge in [-0.2, -0.15) is 0 Å². The monoisotopic (exact) mass is 315 g/mol. The quantitative estimate of drug-likeness (QED) is 0.861. The molecule has 1 fully saturated rings. The van der Waals surface area contributed by atoms with Crippen LogP contribution in [0.1, 0.15) is 0 Å². The van der Waals surface area contributed by atoms with E-state index < -0.39 is 0 Å². The second kappa shape index (κ2) is 6.92. The summed E-state index contributed by atoms with van der Waals surface area (Å²) >= 11 is 11.8. The average molecular weight is 316 g/mol. The lowest BCUT2D eigenvalue weighted by molar-refractivity contribution is -0.120. The summed E-state index contributed by atoms with van der Waals surface area (Å²) in [6, 6.07) is 4.93. The second-order valence-electron chi connectivity index (χ2n) is 4.59. The fourth-order valence-corrected chi connectivity index (χ4v) is 2.47. The third-order valence-electron chi connectivity index (χ3n) is 3.13. The summed E-state index contributed by atoms with van der Waals surface area (Å²) in [5.74, 6) is -0.131. The van der Waals surface area contributed by atoms with Crippen molar-refractivity contribution in [1.82, 2.24) is 9.80 Å². The van der Waals surface area contributed by atoms with Crippen LogP contribution in [0.2, 0.25) is 10.0 Å². The van der Waals surface area contributed by atoms with E-state index in [0.29, 0.717) is 41.9 Å². The van der Waals surface area contributed by atoms with E-state index in [4.69, 9.17) is 23.2 Å². The van der Waals surface area contributed by atoms with Gasteiger partial charge in [0, 0.05) is 31.2 Å². The Morgan fingerprint density at radius 2 is 1.95 bits per heavy atom. The van der Waals surface area contributed by atoms with Crippen molar-refractivity contribution >= 4 is 41.2 Å². The van der Waals surface area contributed by atoms with Crippen molar-refractivity contribution in [1.29, 1.82) is 0 Å². The van der Waals surface area contributed by atoms with E-state index in [1.807, 2.05) is 4.90 Å². The molecule has 2 rings (SSSR count). The lowest BCUT2D eigenvalue weighted by Gasteiger charge is -2.31. The Bertz CT molecular complexity index is 502. The van der Waals surface area contributed by atoms with Gasteiger partial charge in [-0.25, -0.2) is 0 Å². The van der Waals surface area contributed by atoms with Crippen molar-refractivity contribution < 1.29 is 9.59 Å². The van der Waals surface area contributed by atoms with Gasteiger partial charge in [0.25, 0.3) is 0 Å². The number of amides is 2. The minimum atomic E-state index is -0.131. The standard InChI is InChI=1S/C13H15Cl2N3O2/c14-10-1-2-12(11(15)7-10)16-13(20)8-17-3-5-18(9-19)6-4-17/h1-2,7,9H,3-6,8H2,(H,16,20). The Hall–Kier alpha value is -1.30. The summed E-state index contributed by atoms with van der Waals surface area (Å²) in [5.41, 5.74) is 0.549. The van der Waals surface area contributed by atoms with Crippen LogP contribution >= 0.6 is 23.2 Å². The Balaban J connectivity index is 1.85. The molecule has 1 heterocycles. The summed E-state index contributed by atoms with van der Waals surface area (Å²) in [7, 11) is 0. The molecule has 2 amide bonds. The number of anilines is 1. The number of nitrogens with one attached hydrogen (secondary N) is 1. The smallest absolute Gasteiger partial charge is 0.238 e. The van der Waals surface area contributed by atoms with Gasteiger partial charge in [0.05, 0.1) is 17.3 Å². The largest absolute Gasteiger partial charge is 0.343 e. The van der Waals surface area contributed by atoms with Crippen LogP contribution < -0.4 is 5.32 Å². The highest BCUT2D eigenvalue weighted by molar-refractivity contribution is 6.36. The molecule has 0 bridgehead atoms. The molecule has 0 unspecified atom stereocenters. The molecular weight excluding hydrogens is 301 g/mol. The molecule has 0 aliphatic carbocycles. The van der Waals surface area contributed by atoms with Crippen LogP contribution in [-0.2, 0) is 9.59 Å². The molecule has 1 saturated heterocycles. The first-order valence-electron chi connectivity index (χ1n) is 6.25. The maximum Gasteiger partial charge on any atom is 0.238 e. The van der Waals surface area contributed by atoms with Gasteiger partial charge in [0.1, 0.15) is 0 Å². The highest BCUT2D eigenvalue weighted by Gasteiger charge is 2.18. The molecule has 1 N–H and O–H groups in total. The highest BCUT2D eigenvalue weighted by atomic mass is 35.5. The predicted octanol–water partition coefficient (Wildman–Crippen LogP) is 1.71. The number of rotatable bonds is 4. The molecular formula is C13H15Cl2N3O2. The first-order chi connectivity index (χ1) is 9.58. The summed E-state index contributed by atoms with van der Waals surface area (Å²) in [6.07, 6.45) is 0.838. The van der Waals surface area contributed by atoms with Gasteiger partial charge in [-0.3, -0.25) is 14.5 Å². The Morgan fingerprint density at radius 1 is 1.25 bits per heavy atom. The number of carbonyl (C=O) groups is 2. The predicted molar refractivity (Wildman–Crippen MR) is 79.2 cm³/mol. The van der Waals surface area contributed by atoms with Crippen LogP contribution in [0, 0.1) is 0 Å². The molecule has 0 radical (unpaired) electrons. The zero-order valence-electron chi connectivity index (χ0n) is 10.8. The van der Waals surface area contributed by atoms with Crippen LogP contribution in [0.5, 0.6) is 0 Å². The van der Waals surface area contributed by atoms with Crippen molar-refractivity contribution in [2.45, 2.75) is 0 Å². The minimum absolute atomic E-state index is 0.131. The molecule has 7 heteroatoms. The molecule has 20 heavy (non-hydrogen) atoms. The van der Waals surface area contributed by atoms with E-state index >= 15 is 0 Å². The molecule has 1 aliphatic heterocycles. The van der Waals surface area contributed by atoms with Crippen molar-refractivity contribution in [2.24, 2.45) is 0 Å². The van der Waals surface area contributed by atoms with Crippen LogP contribution in [0.25, 0.3) is 0 Å². The van der Waals surface area contributed by atoms with Crippen LogP contribution in [0.3, 0.4) is 0 Å². The molecule has 0 aromatic heterocycles. The summed E-state index contributed by atoms with van der Waals surface area (Å²) in [6.45, 7) is 2.98. The number of benzene rings is 1. The van der Waals surface area contributed by atoms with Gasteiger partial charge in [0.2, 0.25) is 12.3 Å². The molecule has 0 saturated carbocycles. The zero-order valence-corrected chi connectivity index (χ0v) is 12.3. The van der Waals surface area contributed by atoms with Crippen LogP contribution in [0.15, 0.2) is 18.2 Å². The fraction of sp³-hybridized carbons (Fsp3) is 0.385. The van der Waals surface area contributed by atoms with Gasteiger partial charge in [-0.05, 0) is 18.2 Å². The fourth-order valence-electron chi connectivity index (χ4n) is 2.01. The molecule has 0 spiro atoms. The second-order valence-corrected chi connectivity index (χ2v) is 5.43. The van der Waals surface area contributed by atoms with E-state index in [9.17, 15) is 9.59 Å². The maximum absolute atomic E-state index is 11.9. The van der Waals surface area contributed by atoms with Gasteiger partial charge in [-0.1, -0.05) is 23.2 Å². The number of nitrogens with zero attached hydrogens (tertiary/aromatic N) is 2. The van der Waals surface area contributed by atoms with Crippen LogP contribution in [0.4, 0.5) is 5.69 Å². The van der Waals surface area contributed by atoms with Crippen molar-refractivity contribution in [3.05, 3.63) is 28.2 Å². The minimum Gasteiger partial charge on any atom is -0.343 e. The van der Waals surface area contributed by atoms with E-state index in [-0.39, 0.29) is 12.5 Å². The number of carbonyl (C=O) groups excluding carboxylic acids is 2. The first-order valence-corrected chi connectivity index (χ1v) is 7.00. The SMILES string of the molecule is O=CN1CCN(CC(=O)Nc2ccc(Cl)cc2Cl)CC1. The van der Waals surface area contributed by atoms with E-state index in [1.165, 1.54) is 0 Å². The number of halogens is 2. The van der Waals surface area contributed by atoms with Gasteiger partial charge in [-0.15, -0.1) is 0 Å². The molecule has 0 atom stereocenters. The third kappa shape index (κ3) is 4.10. The molecule has 5 nitrogen and oxygen atoms in total. The van der Waals surface area contributed by atoms with Crippen molar-refractivity contribution in [3.8, 4) is 0 Å². The summed E-state index contributed by atoms with van der Waals surface area (Å²) < 4.78 is 0. The van der Waals surface area contributed by atoms with E-state index in [0.717, 1.165) is 6.41 Å². The van der Waals surface area contributed by atoms with Gasteiger partial charge in [0.15, 0.2) is 0 Å². The third-order valence-corrected chi connectivity index (χ3v) is 3.68. The van der Waals surface area contributed by atoms with Crippen molar-refractivity contribution in [3.63, 3.8) is 0 Å². The maximum atomic E-state index is 11.9. The normalized spacial score (nSPS) is 16.0. The molecule has 1 aliphatic rings. The Kier molecular flexibility index (Phi) is 5.23. The summed E-state index contributed by atoms with van der Waals surface area (Å²) in [5, 5.41) is 3.70. The Morgan fingerprint density at radius 3 is 2.55 bits per heavy atom. The van der Waals surface area contributed by atoms with Crippen molar-refractivity contribution in [2.75, 3.05) is 38.0 Å². The topological polar surface area (TPSA) is 52.7 Å². The lowest BCUT2D eigenvalue weighted by atomic mass is 10.3. The number of hydrogen-bond donors (Lipinski definition) is 1. The summed E-state index contributed by atoms with van der Waals surface area (Å²) in [4.78, 5) is 26.2. The highest BCUT2D eigenvalue weighted by Crippen LogP contribution is 2.25. The molecule has 108 valence electrons. The van der Waals surface area contributed by atoms with E-state index in [2.05, 4.69) is 5.32 Å². The van der Waals surface area contributed by atoms with Crippen LogP contribution in [-0.4, -0.2) is 54.8 Å². The lowest BCUT2D eigenvalue weighted by Crippen LogP contribution is -2.48. The number of piperazine rings is 1. The molecule has 1 aromatic rings. The average Bonchev–Trinajstić information content (AvgIpc) is 2.43. The number of hydrogen-bond acceptors (Lipinski definition) is 3. The van der Waals surface area contributed by atoms with E-state index in [1.54, 1.807) is 23.1 Å². The zero-order chi connectivity index (χ0) is 14.5.